The van der Waals surface area contributed by atoms with E-state index in [2.05, 4.69) is 5.16 Å². The van der Waals surface area contributed by atoms with Gasteiger partial charge in [-0.1, -0.05) is 28.9 Å². The maximum atomic E-state index is 8.42. The van der Waals surface area contributed by atoms with Crippen LogP contribution < -0.4 is 5.73 Å². The molecule has 0 aliphatic rings. The average Bonchev–Trinajstić information content (AvgIpc) is 2.11. The van der Waals surface area contributed by atoms with Gasteiger partial charge >= 0.3 is 0 Å². The van der Waals surface area contributed by atoms with Crippen LogP contribution >= 0.6 is 0 Å². The summed E-state index contributed by atoms with van der Waals surface area (Å²) in [5.74, 6) is 0.244. The highest BCUT2D eigenvalue weighted by molar-refractivity contribution is 5.82. The van der Waals surface area contributed by atoms with Crippen molar-refractivity contribution in [1.29, 1.82) is 0 Å². The second-order valence-electron chi connectivity index (χ2n) is 3.20. The van der Waals surface area contributed by atoms with Gasteiger partial charge in [-0.2, -0.15) is 0 Å². The summed E-state index contributed by atoms with van der Waals surface area (Å²) in [7, 11) is 0. The number of nitrogens with zero attached hydrogens (tertiary/aromatic N) is 1. The zero-order chi connectivity index (χ0) is 9.84. The predicted octanol–water partition coefficient (Wildman–Crippen LogP) is 1.59. The van der Waals surface area contributed by atoms with Crippen LogP contribution in [0, 0.1) is 13.8 Å². The first kappa shape index (κ1) is 9.58. The Morgan fingerprint density at radius 3 is 2.77 bits per heavy atom. The van der Waals surface area contributed by atoms with E-state index < -0.39 is 0 Å². The molecule has 0 spiro atoms. The predicted molar refractivity (Wildman–Crippen MR) is 53.0 cm³/mol. The summed E-state index contributed by atoms with van der Waals surface area (Å²) < 4.78 is 0. The number of nitrogens with two attached hydrogens (primary N) is 1. The Bertz CT molecular complexity index is 332. The minimum atomic E-state index is 0.244. The molecule has 1 aromatic rings. The van der Waals surface area contributed by atoms with Crippen LogP contribution in [0.1, 0.15) is 16.7 Å². The third-order valence-electron chi connectivity index (χ3n) is 2.00. The molecule has 0 atom stereocenters. The topological polar surface area (TPSA) is 58.6 Å². The number of oxime groups is 1. The van der Waals surface area contributed by atoms with Gasteiger partial charge in [-0.3, -0.25) is 0 Å². The molecule has 13 heavy (non-hydrogen) atoms. The minimum Gasteiger partial charge on any atom is -0.409 e. The summed E-state index contributed by atoms with van der Waals surface area (Å²) in [6, 6.07) is 6.13. The Labute approximate surface area is 77.9 Å². The normalized spacial score (nSPS) is 11.7. The van der Waals surface area contributed by atoms with E-state index in [9.17, 15) is 0 Å². The van der Waals surface area contributed by atoms with Crippen LogP contribution in [0.15, 0.2) is 23.4 Å². The largest absolute Gasteiger partial charge is 0.409 e. The smallest absolute Gasteiger partial charge is 0.143 e. The van der Waals surface area contributed by atoms with Gasteiger partial charge in [-0.05, 0) is 25.0 Å². The van der Waals surface area contributed by atoms with Crippen molar-refractivity contribution in [3.63, 3.8) is 0 Å². The standard InChI is InChI=1S/C10H14N2O/c1-7-3-4-8(2)9(5-7)6-10(11)12-13/h3-5,13H,6H2,1-2H3,(H2,11,12). The molecule has 3 heteroatoms. The van der Waals surface area contributed by atoms with Gasteiger partial charge in [-0.15, -0.1) is 0 Å². The molecule has 0 saturated carbocycles. The number of hydrogen-bond donors (Lipinski definition) is 2. The summed E-state index contributed by atoms with van der Waals surface area (Å²) in [4.78, 5) is 0. The average molecular weight is 178 g/mol. The molecule has 0 heterocycles. The first-order chi connectivity index (χ1) is 6.13. The van der Waals surface area contributed by atoms with E-state index >= 15 is 0 Å². The van der Waals surface area contributed by atoms with Crippen molar-refractivity contribution < 1.29 is 5.21 Å². The van der Waals surface area contributed by atoms with Crippen molar-refractivity contribution in [2.45, 2.75) is 20.3 Å². The zero-order valence-corrected chi connectivity index (χ0v) is 7.91. The van der Waals surface area contributed by atoms with Crippen molar-refractivity contribution >= 4 is 5.84 Å². The van der Waals surface area contributed by atoms with Crippen molar-refractivity contribution in [2.75, 3.05) is 0 Å². The van der Waals surface area contributed by atoms with Crippen LogP contribution in [-0.4, -0.2) is 11.0 Å². The van der Waals surface area contributed by atoms with Gasteiger partial charge in [-0.25, -0.2) is 0 Å². The molecule has 70 valence electrons. The molecule has 0 amide bonds. The number of benzene rings is 1. The van der Waals surface area contributed by atoms with Gasteiger partial charge in [0.1, 0.15) is 5.84 Å². The first-order valence-electron chi connectivity index (χ1n) is 4.16. The second-order valence-corrected chi connectivity index (χ2v) is 3.20. The van der Waals surface area contributed by atoms with Crippen molar-refractivity contribution in [1.82, 2.24) is 0 Å². The molecule has 0 bridgehead atoms. The molecule has 0 aliphatic carbocycles. The fraction of sp³-hybridized carbons (Fsp3) is 0.300. The Hall–Kier alpha value is -1.51. The van der Waals surface area contributed by atoms with E-state index in [4.69, 9.17) is 10.9 Å². The molecule has 0 unspecified atom stereocenters. The SMILES string of the molecule is Cc1ccc(C)c(C/C(N)=N/O)c1. The molecule has 0 aliphatic heterocycles. The lowest BCUT2D eigenvalue weighted by Crippen LogP contribution is -2.15. The number of amidine groups is 1. The number of rotatable bonds is 2. The van der Waals surface area contributed by atoms with E-state index in [0.717, 1.165) is 11.1 Å². The molecule has 0 radical (unpaired) electrons. The van der Waals surface area contributed by atoms with Gasteiger partial charge in [0.25, 0.3) is 0 Å². The third-order valence-corrected chi connectivity index (χ3v) is 2.00. The second kappa shape index (κ2) is 3.94. The van der Waals surface area contributed by atoms with Crippen molar-refractivity contribution in [2.24, 2.45) is 10.9 Å². The van der Waals surface area contributed by atoms with E-state index in [-0.39, 0.29) is 5.84 Å². The van der Waals surface area contributed by atoms with Crippen LogP contribution in [0.3, 0.4) is 0 Å². The Morgan fingerprint density at radius 1 is 1.46 bits per heavy atom. The highest BCUT2D eigenvalue weighted by Crippen LogP contribution is 2.10. The first-order valence-corrected chi connectivity index (χ1v) is 4.16. The lowest BCUT2D eigenvalue weighted by molar-refractivity contribution is 0.317. The van der Waals surface area contributed by atoms with Crippen molar-refractivity contribution in [3.8, 4) is 0 Å². The third kappa shape index (κ3) is 2.47. The van der Waals surface area contributed by atoms with Crippen molar-refractivity contribution in [3.05, 3.63) is 34.9 Å². The molecular formula is C10H14N2O. The number of hydrogen-bond acceptors (Lipinski definition) is 2. The van der Waals surface area contributed by atoms with Crippen LogP contribution in [0.2, 0.25) is 0 Å². The Balaban J connectivity index is 2.94. The van der Waals surface area contributed by atoms with E-state index in [1.165, 1.54) is 5.56 Å². The Morgan fingerprint density at radius 2 is 2.15 bits per heavy atom. The van der Waals surface area contributed by atoms with Gasteiger partial charge in [0, 0.05) is 6.42 Å². The van der Waals surface area contributed by atoms with E-state index in [0.29, 0.717) is 6.42 Å². The lowest BCUT2D eigenvalue weighted by Gasteiger charge is -2.05. The van der Waals surface area contributed by atoms with Crippen LogP contribution in [0.25, 0.3) is 0 Å². The summed E-state index contributed by atoms with van der Waals surface area (Å²) in [5, 5.41) is 11.4. The maximum absolute atomic E-state index is 8.42. The van der Waals surface area contributed by atoms with E-state index in [1.807, 2.05) is 32.0 Å². The molecule has 1 rings (SSSR count). The molecule has 3 N–H and O–H groups in total. The highest BCUT2D eigenvalue weighted by Gasteiger charge is 2.01. The molecule has 0 aromatic heterocycles. The van der Waals surface area contributed by atoms with E-state index in [1.54, 1.807) is 0 Å². The minimum absolute atomic E-state index is 0.244. The molecular weight excluding hydrogens is 164 g/mol. The van der Waals surface area contributed by atoms with Crippen LogP contribution in [0.5, 0.6) is 0 Å². The summed E-state index contributed by atoms with van der Waals surface area (Å²) >= 11 is 0. The molecule has 0 saturated heterocycles. The Kier molecular flexibility index (Phi) is 2.90. The van der Waals surface area contributed by atoms with Gasteiger partial charge in [0.2, 0.25) is 0 Å². The zero-order valence-electron chi connectivity index (χ0n) is 7.91. The van der Waals surface area contributed by atoms with Crippen LogP contribution in [-0.2, 0) is 6.42 Å². The maximum Gasteiger partial charge on any atom is 0.143 e. The molecule has 1 aromatic carbocycles. The van der Waals surface area contributed by atoms with Crippen LogP contribution in [0.4, 0.5) is 0 Å². The lowest BCUT2D eigenvalue weighted by atomic mass is 10.0. The van der Waals surface area contributed by atoms with Gasteiger partial charge in [0.15, 0.2) is 0 Å². The van der Waals surface area contributed by atoms with Gasteiger partial charge in [0.05, 0.1) is 0 Å². The summed E-state index contributed by atoms with van der Waals surface area (Å²) in [6.45, 7) is 4.04. The molecule has 0 fully saturated rings. The van der Waals surface area contributed by atoms with Gasteiger partial charge < -0.3 is 10.9 Å². The fourth-order valence-electron chi connectivity index (χ4n) is 1.22. The monoisotopic (exact) mass is 178 g/mol. The fourth-order valence-corrected chi connectivity index (χ4v) is 1.22. The number of aryl methyl sites for hydroxylation is 2. The summed E-state index contributed by atoms with van der Waals surface area (Å²) in [6.07, 6.45) is 0.504. The summed E-state index contributed by atoms with van der Waals surface area (Å²) in [5.41, 5.74) is 8.88. The molecule has 3 nitrogen and oxygen atoms in total. The highest BCUT2D eigenvalue weighted by atomic mass is 16.4. The quantitative estimate of drug-likeness (QED) is 0.313.